The maximum Gasteiger partial charge on any atom is 0.234 e. The Morgan fingerprint density at radius 1 is 1.17 bits per heavy atom. The molecule has 1 heterocycles. The summed E-state index contributed by atoms with van der Waals surface area (Å²) in [6.45, 7) is 7.87. The van der Waals surface area contributed by atoms with Crippen molar-refractivity contribution in [2.45, 2.75) is 39.5 Å². The molecule has 1 N–H and O–H groups in total. The van der Waals surface area contributed by atoms with Crippen molar-refractivity contribution in [2.24, 2.45) is 0 Å². The van der Waals surface area contributed by atoms with E-state index in [9.17, 15) is 4.39 Å². The number of hydrogen-bond donors (Lipinski definition) is 1. The molecule has 68 valence electrons. The van der Waals surface area contributed by atoms with E-state index < -0.39 is 0 Å². The molecule has 0 amide bonds. The molecular weight excluding hydrogens is 155 g/mol. The third-order valence-corrected chi connectivity index (χ3v) is 1.83. The number of nitrogens with zero attached hydrogens (tertiary/aromatic N) is 1. The quantitative estimate of drug-likeness (QED) is 0.726. The predicted octanol–water partition coefficient (Wildman–Crippen LogP) is 2.80. The van der Waals surface area contributed by atoms with E-state index in [1.165, 1.54) is 0 Å². The van der Waals surface area contributed by atoms with Crippen molar-refractivity contribution >= 4 is 0 Å². The zero-order chi connectivity index (χ0) is 9.30. The molecular formula is C9H15FN2. The lowest BCUT2D eigenvalue weighted by atomic mass is 10.1. The number of nitrogens with one attached hydrogen (secondary N) is 1. The zero-order valence-corrected chi connectivity index (χ0v) is 7.98. The van der Waals surface area contributed by atoms with Crippen LogP contribution in [0.3, 0.4) is 0 Å². The lowest BCUT2D eigenvalue weighted by molar-refractivity contribution is 0.560. The van der Waals surface area contributed by atoms with E-state index in [-0.39, 0.29) is 17.8 Å². The Morgan fingerprint density at radius 3 is 2.00 bits per heavy atom. The van der Waals surface area contributed by atoms with Gasteiger partial charge in [-0.05, 0) is 5.92 Å². The van der Waals surface area contributed by atoms with Crippen molar-refractivity contribution < 1.29 is 4.39 Å². The second-order valence-electron chi connectivity index (χ2n) is 3.64. The van der Waals surface area contributed by atoms with Gasteiger partial charge in [-0.2, -0.15) is 4.39 Å². The number of rotatable bonds is 2. The predicted molar refractivity (Wildman–Crippen MR) is 46.7 cm³/mol. The van der Waals surface area contributed by atoms with Crippen LogP contribution in [0.25, 0.3) is 0 Å². The van der Waals surface area contributed by atoms with Crippen molar-refractivity contribution in [3.63, 3.8) is 0 Å². The molecule has 0 atom stereocenters. The van der Waals surface area contributed by atoms with Crippen LogP contribution in [0.2, 0.25) is 0 Å². The van der Waals surface area contributed by atoms with Gasteiger partial charge in [-0.25, -0.2) is 4.98 Å². The van der Waals surface area contributed by atoms with Gasteiger partial charge < -0.3 is 4.98 Å². The molecule has 0 aliphatic heterocycles. The molecule has 0 aliphatic carbocycles. The minimum Gasteiger partial charge on any atom is -0.343 e. The van der Waals surface area contributed by atoms with Crippen molar-refractivity contribution in [3.05, 3.63) is 17.5 Å². The second-order valence-corrected chi connectivity index (χ2v) is 3.64. The first-order chi connectivity index (χ1) is 5.52. The summed E-state index contributed by atoms with van der Waals surface area (Å²) in [5.74, 6) is 0.807. The fourth-order valence-corrected chi connectivity index (χ4v) is 1.04. The van der Waals surface area contributed by atoms with E-state index in [4.69, 9.17) is 0 Å². The van der Waals surface area contributed by atoms with Gasteiger partial charge in [-0.15, -0.1) is 0 Å². The Hall–Kier alpha value is -0.860. The van der Waals surface area contributed by atoms with E-state index in [0.717, 1.165) is 5.82 Å². The average molecular weight is 170 g/mol. The van der Waals surface area contributed by atoms with Gasteiger partial charge in [-0.1, -0.05) is 27.7 Å². The third-order valence-electron chi connectivity index (χ3n) is 1.83. The smallest absolute Gasteiger partial charge is 0.234 e. The number of aromatic amines is 1. The molecule has 3 heteroatoms. The summed E-state index contributed by atoms with van der Waals surface area (Å²) in [5.41, 5.74) is 0.610. The molecule has 0 bridgehead atoms. The number of imidazole rings is 1. The van der Waals surface area contributed by atoms with Crippen molar-refractivity contribution in [2.75, 3.05) is 0 Å². The molecule has 0 unspecified atom stereocenters. The van der Waals surface area contributed by atoms with Crippen LogP contribution in [0.5, 0.6) is 0 Å². The minimum atomic E-state index is -0.353. The first kappa shape index (κ1) is 9.23. The highest BCUT2D eigenvalue weighted by atomic mass is 19.1. The Balaban J connectivity index is 3.00. The average Bonchev–Trinajstić information content (AvgIpc) is 2.30. The largest absolute Gasteiger partial charge is 0.343 e. The molecule has 1 rings (SSSR count). The molecule has 0 radical (unpaired) electrons. The summed E-state index contributed by atoms with van der Waals surface area (Å²) in [5, 5.41) is 0. The standard InChI is InChI=1S/C9H15FN2/c1-5(2)7-8(10)12-9(11-7)6(3)4/h5-6H,1-4H3,(H,11,12). The lowest BCUT2D eigenvalue weighted by Crippen LogP contribution is -1.92. The summed E-state index contributed by atoms with van der Waals surface area (Å²) >= 11 is 0. The fraction of sp³-hybridized carbons (Fsp3) is 0.667. The topological polar surface area (TPSA) is 28.7 Å². The van der Waals surface area contributed by atoms with E-state index in [1.54, 1.807) is 0 Å². The summed E-state index contributed by atoms with van der Waals surface area (Å²) in [6.07, 6.45) is 0. The molecule has 1 aromatic heterocycles. The molecule has 12 heavy (non-hydrogen) atoms. The van der Waals surface area contributed by atoms with Crippen LogP contribution in [0.15, 0.2) is 0 Å². The zero-order valence-electron chi connectivity index (χ0n) is 7.98. The highest BCUT2D eigenvalue weighted by Gasteiger charge is 2.13. The first-order valence-corrected chi connectivity index (χ1v) is 4.27. The van der Waals surface area contributed by atoms with Gasteiger partial charge in [0, 0.05) is 5.92 Å². The lowest BCUT2D eigenvalue weighted by Gasteiger charge is -2.00. The Labute approximate surface area is 72.2 Å². The van der Waals surface area contributed by atoms with Crippen molar-refractivity contribution in [1.82, 2.24) is 9.97 Å². The van der Waals surface area contributed by atoms with Gasteiger partial charge >= 0.3 is 0 Å². The normalized spacial score (nSPS) is 11.6. The number of hydrogen-bond acceptors (Lipinski definition) is 1. The fourth-order valence-electron chi connectivity index (χ4n) is 1.04. The molecule has 0 saturated carbocycles. The van der Waals surface area contributed by atoms with Crippen LogP contribution in [0.4, 0.5) is 4.39 Å². The Bertz CT molecular complexity index is 263. The number of H-pyrrole nitrogens is 1. The summed E-state index contributed by atoms with van der Waals surface area (Å²) < 4.78 is 13.1. The van der Waals surface area contributed by atoms with Gasteiger partial charge in [0.15, 0.2) is 0 Å². The van der Waals surface area contributed by atoms with Gasteiger partial charge in [0.05, 0.1) is 5.69 Å². The molecule has 0 fully saturated rings. The monoisotopic (exact) mass is 170 g/mol. The highest BCUT2D eigenvalue weighted by Crippen LogP contribution is 2.19. The molecule has 0 aromatic carbocycles. The van der Waals surface area contributed by atoms with Crippen molar-refractivity contribution in [1.29, 1.82) is 0 Å². The third kappa shape index (κ3) is 1.65. The second kappa shape index (κ2) is 3.25. The molecule has 0 aliphatic rings. The van der Waals surface area contributed by atoms with Gasteiger partial charge in [-0.3, -0.25) is 0 Å². The maximum atomic E-state index is 13.1. The summed E-state index contributed by atoms with van der Waals surface area (Å²) in [7, 11) is 0. The molecule has 1 aromatic rings. The Morgan fingerprint density at radius 2 is 1.75 bits per heavy atom. The summed E-state index contributed by atoms with van der Waals surface area (Å²) in [6, 6.07) is 0. The molecule has 2 nitrogen and oxygen atoms in total. The van der Waals surface area contributed by atoms with Gasteiger partial charge in [0.1, 0.15) is 5.82 Å². The van der Waals surface area contributed by atoms with E-state index in [2.05, 4.69) is 9.97 Å². The maximum absolute atomic E-state index is 13.1. The minimum absolute atomic E-state index is 0.171. The van der Waals surface area contributed by atoms with Crippen LogP contribution >= 0.6 is 0 Å². The van der Waals surface area contributed by atoms with Gasteiger partial charge in [0.2, 0.25) is 5.95 Å². The Kier molecular flexibility index (Phi) is 2.50. The van der Waals surface area contributed by atoms with Crippen LogP contribution in [0, 0.1) is 5.95 Å². The SMILES string of the molecule is CC(C)c1nc(F)c(C(C)C)[nH]1. The summed E-state index contributed by atoms with van der Waals surface area (Å²) in [4.78, 5) is 6.80. The van der Waals surface area contributed by atoms with Gasteiger partial charge in [0.25, 0.3) is 0 Å². The van der Waals surface area contributed by atoms with Crippen LogP contribution in [0.1, 0.15) is 51.0 Å². The van der Waals surface area contributed by atoms with E-state index in [0.29, 0.717) is 5.69 Å². The van der Waals surface area contributed by atoms with E-state index >= 15 is 0 Å². The van der Waals surface area contributed by atoms with Crippen LogP contribution in [-0.2, 0) is 0 Å². The molecule has 0 spiro atoms. The molecule has 0 saturated heterocycles. The number of aromatic nitrogens is 2. The first-order valence-electron chi connectivity index (χ1n) is 4.27. The van der Waals surface area contributed by atoms with Crippen LogP contribution in [-0.4, -0.2) is 9.97 Å². The highest BCUT2D eigenvalue weighted by molar-refractivity contribution is 5.09. The number of halogens is 1. The van der Waals surface area contributed by atoms with E-state index in [1.807, 2.05) is 27.7 Å². The van der Waals surface area contributed by atoms with Crippen molar-refractivity contribution in [3.8, 4) is 0 Å². The van der Waals surface area contributed by atoms with Crippen LogP contribution < -0.4 is 0 Å².